The van der Waals surface area contributed by atoms with E-state index < -0.39 is 0 Å². The van der Waals surface area contributed by atoms with Crippen molar-refractivity contribution in [3.63, 3.8) is 0 Å². The lowest BCUT2D eigenvalue weighted by atomic mass is 10.0. The number of rotatable bonds is 7. The lowest BCUT2D eigenvalue weighted by molar-refractivity contribution is 0.667. The molecular formula is C16H26IN3. The first kappa shape index (κ1) is 16.0. The first-order valence-electron chi connectivity index (χ1n) is 8.06. The lowest BCUT2D eigenvalue weighted by Gasteiger charge is -2.16. The second-order valence-corrected chi connectivity index (χ2v) is 6.78. The summed E-state index contributed by atoms with van der Waals surface area (Å²) in [7, 11) is 0. The van der Waals surface area contributed by atoms with Crippen molar-refractivity contribution in [3.8, 4) is 0 Å². The molecule has 0 bridgehead atoms. The lowest BCUT2D eigenvalue weighted by Crippen LogP contribution is -2.12. The highest BCUT2D eigenvalue weighted by molar-refractivity contribution is 14.1. The molecule has 0 aromatic carbocycles. The minimum absolute atomic E-state index is 0.660. The standard InChI is InChI=1S/C16H26IN3/c1-3-5-10-13-19-15(12-8-6-7-9-12)14(17)16(20-13)18-11-4-2/h12H,3-11H2,1-2H3,(H,18,19,20). The van der Waals surface area contributed by atoms with Crippen molar-refractivity contribution in [3.05, 3.63) is 15.1 Å². The number of hydrogen-bond acceptors (Lipinski definition) is 3. The van der Waals surface area contributed by atoms with Crippen molar-refractivity contribution >= 4 is 28.4 Å². The minimum atomic E-state index is 0.660. The smallest absolute Gasteiger partial charge is 0.143 e. The van der Waals surface area contributed by atoms with E-state index >= 15 is 0 Å². The Bertz CT molecular complexity index is 428. The van der Waals surface area contributed by atoms with Crippen LogP contribution in [0.5, 0.6) is 0 Å². The van der Waals surface area contributed by atoms with Gasteiger partial charge in [-0.05, 0) is 48.3 Å². The number of hydrogen-bond donors (Lipinski definition) is 1. The van der Waals surface area contributed by atoms with Crippen LogP contribution in [0, 0.1) is 3.57 Å². The van der Waals surface area contributed by atoms with Crippen molar-refractivity contribution in [2.45, 2.75) is 71.1 Å². The summed E-state index contributed by atoms with van der Waals surface area (Å²) in [6.07, 6.45) is 9.82. The maximum atomic E-state index is 4.90. The molecule has 4 heteroatoms. The Hall–Kier alpha value is -0.390. The summed E-state index contributed by atoms with van der Waals surface area (Å²) in [6, 6.07) is 0. The van der Waals surface area contributed by atoms with E-state index in [2.05, 4.69) is 41.8 Å². The largest absolute Gasteiger partial charge is 0.369 e. The molecule has 1 fully saturated rings. The van der Waals surface area contributed by atoms with Gasteiger partial charge in [0.2, 0.25) is 0 Å². The first-order chi connectivity index (χ1) is 9.76. The summed E-state index contributed by atoms with van der Waals surface area (Å²) in [5.74, 6) is 2.76. The monoisotopic (exact) mass is 387 g/mol. The number of unbranched alkanes of at least 4 members (excludes halogenated alkanes) is 1. The third-order valence-electron chi connectivity index (χ3n) is 3.96. The molecule has 0 unspecified atom stereocenters. The van der Waals surface area contributed by atoms with Gasteiger partial charge in [0, 0.05) is 18.9 Å². The second kappa shape index (κ2) is 8.15. The maximum Gasteiger partial charge on any atom is 0.143 e. The fourth-order valence-electron chi connectivity index (χ4n) is 2.79. The number of halogens is 1. The highest BCUT2D eigenvalue weighted by Gasteiger charge is 2.23. The Labute approximate surface area is 136 Å². The molecule has 1 aliphatic carbocycles. The number of aromatic nitrogens is 2. The van der Waals surface area contributed by atoms with Gasteiger partial charge < -0.3 is 5.32 Å². The van der Waals surface area contributed by atoms with Gasteiger partial charge in [-0.1, -0.05) is 33.1 Å². The van der Waals surface area contributed by atoms with Crippen molar-refractivity contribution in [2.24, 2.45) is 0 Å². The Morgan fingerprint density at radius 1 is 1.15 bits per heavy atom. The highest BCUT2D eigenvalue weighted by Crippen LogP contribution is 2.37. The van der Waals surface area contributed by atoms with Crippen LogP contribution in [-0.2, 0) is 6.42 Å². The van der Waals surface area contributed by atoms with Gasteiger partial charge in [0.15, 0.2) is 0 Å². The third kappa shape index (κ3) is 4.06. The van der Waals surface area contributed by atoms with E-state index in [1.165, 1.54) is 47.8 Å². The summed E-state index contributed by atoms with van der Waals surface area (Å²) in [5.41, 5.74) is 1.31. The van der Waals surface area contributed by atoms with Gasteiger partial charge in [-0.25, -0.2) is 9.97 Å². The van der Waals surface area contributed by atoms with E-state index in [0.29, 0.717) is 5.92 Å². The van der Waals surface area contributed by atoms with Crippen LogP contribution >= 0.6 is 22.6 Å². The van der Waals surface area contributed by atoms with Crippen molar-refractivity contribution in [2.75, 3.05) is 11.9 Å². The summed E-state index contributed by atoms with van der Waals surface area (Å²) < 4.78 is 1.25. The quantitative estimate of drug-likeness (QED) is 0.676. The van der Waals surface area contributed by atoms with E-state index in [-0.39, 0.29) is 0 Å². The molecule has 0 spiro atoms. The molecular weight excluding hydrogens is 361 g/mol. The summed E-state index contributed by atoms with van der Waals surface area (Å²) in [6.45, 7) is 5.40. The summed E-state index contributed by atoms with van der Waals surface area (Å²) in [4.78, 5) is 9.65. The predicted octanol–water partition coefficient (Wildman–Crippen LogP) is 4.90. The zero-order valence-corrected chi connectivity index (χ0v) is 14.9. The number of aryl methyl sites for hydroxylation is 1. The van der Waals surface area contributed by atoms with Gasteiger partial charge in [-0.15, -0.1) is 0 Å². The van der Waals surface area contributed by atoms with Crippen LogP contribution in [0.15, 0.2) is 0 Å². The van der Waals surface area contributed by atoms with E-state index in [4.69, 9.17) is 9.97 Å². The van der Waals surface area contributed by atoms with Crippen molar-refractivity contribution in [1.82, 2.24) is 9.97 Å². The normalized spacial score (nSPS) is 15.8. The first-order valence-corrected chi connectivity index (χ1v) is 9.14. The number of anilines is 1. The Kier molecular flexibility index (Phi) is 6.52. The van der Waals surface area contributed by atoms with Crippen molar-refractivity contribution < 1.29 is 0 Å². The molecule has 1 saturated carbocycles. The second-order valence-electron chi connectivity index (χ2n) is 5.70. The Balaban J connectivity index is 2.26. The van der Waals surface area contributed by atoms with Crippen LogP contribution < -0.4 is 5.32 Å². The average Bonchev–Trinajstić information content (AvgIpc) is 2.98. The predicted molar refractivity (Wildman–Crippen MR) is 93.4 cm³/mol. The molecule has 2 rings (SSSR count). The van der Waals surface area contributed by atoms with Gasteiger partial charge in [0.1, 0.15) is 11.6 Å². The fraction of sp³-hybridized carbons (Fsp3) is 0.750. The molecule has 3 nitrogen and oxygen atoms in total. The zero-order chi connectivity index (χ0) is 14.4. The topological polar surface area (TPSA) is 37.8 Å². The Morgan fingerprint density at radius 2 is 1.90 bits per heavy atom. The molecule has 0 atom stereocenters. The van der Waals surface area contributed by atoms with Gasteiger partial charge in [0.25, 0.3) is 0 Å². The van der Waals surface area contributed by atoms with Crippen LogP contribution in [0.4, 0.5) is 5.82 Å². The summed E-state index contributed by atoms with van der Waals surface area (Å²) >= 11 is 2.44. The minimum Gasteiger partial charge on any atom is -0.369 e. The zero-order valence-electron chi connectivity index (χ0n) is 12.7. The molecule has 1 N–H and O–H groups in total. The van der Waals surface area contributed by atoms with Crippen LogP contribution in [-0.4, -0.2) is 16.5 Å². The van der Waals surface area contributed by atoms with Gasteiger partial charge in [0.05, 0.1) is 9.26 Å². The van der Waals surface area contributed by atoms with Gasteiger partial charge in [-0.3, -0.25) is 0 Å². The molecule has 1 aromatic rings. The molecule has 0 amide bonds. The van der Waals surface area contributed by atoms with Crippen LogP contribution in [0.3, 0.4) is 0 Å². The number of nitrogens with one attached hydrogen (secondary N) is 1. The molecule has 1 aliphatic rings. The molecule has 0 aliphatic heterocycles. The van der Waals surface area contributed by atoms with E-state index in [0.717, 1.165) is 31.0 Å². The van der Waals surface area contributed by atoms with Crippen LogP contribution in [0.1, 0.15) is 76.2 Å². The molecule has 1 aromatic heterocycles. The Morgan fingerprint density at radius 3 is 2.55 bits per heavy atom. The van der Waals surface area contributed by atoms with Gasteiger partial charge in [-0.2, -0.15) is 0 Å². The molecule has 0 radical (unpaired) electrons. The SMILES string of the molecule is CCCCc1nc(NCCC)c(I)c(C2CCCC2)n1. The average molecular weight is 387 g/mol. The highest BCUT2D eigenvalue weighted by atomic mass is 127. The molecule has 0 saturated heterocycles. The fourth-order valence-corrected chi connectivity index (χ4v) is 3.66. The molecule has 1 heterocycles. The third-order valence-corrected chi connectivity index (χ3v) is 5.02. The van der Waals surface area contributed by atoms with Crippen LogP contribution in [0.2, 0.25) is 0 Å². The van der Waals surface area contributed by atoms with Crippen molar-refractivity contribution in [1.29, 1.82) is 0 Å². The maximum absolute atomic E-state index is 4.90. The molecule has 112 valence electrons. The van der Waals surface area contributed by atoms with Gasteiger partial charge >= 0.3 is 0 Å². The number of nitrogens with zero attached hydrogens (tertiary/aromatic N) is 2. The van der Waals surface area contributed by atoms with Crippen LogP contribution in [0.25, 0.3) is 0 Å². The van der Waals surface area contributed by atoms with E-state index in [9.17, 15) is 0 Å². The molecule has 20 heavy (non-hydrogen) atoms. The van der Waals surface area contributed by atoms with E-state index in [1.54, 1.807) is 0 Å². The summed E-state index contributed by atoms with van der Waals surface area (Å²) in [5, 5.41) is 3.48. The van der Waals surface area contributed by atoms with E-state index in [1.807, 2.05) is 0 Å².